The van der Waals surface area contributed by atoms with E-state index in [-0.39, 0.29) is 12.0 Å². The highest BCUT2D eigenvalue weighted by molar-refractivity contribution is 6.00. The fourth-order valence-electron chi connectivity index (χ4n) is 4.67. The van der Waals surface area contributed by atoms with Gasteiger partial charge in [-0.05, 0) is 92.5 Å². The minimum Gasteiger partial charge on any atom is -0.444 e. The maximum absolute atomic E-state index is 12.6. The van der Waals surface area contributed by atoms with Crippen molar-refractivity contribution in [3.8, 4) is 11.1 Å². The van der Waals surface area contributed by atoms with Crippen LogP contribution in [0.5, 0.6) is 0 Å². The van der Waals surface area contributed by atoms with Gasteiger partial charge in [-0.1, -0.05) is 29.8 Å². The van der Waals surface area contributed by atoms with Gasteiger partial charge in [0.05, 0.1) is 0 Å². The van der Waals surface area contributed by atoms with Crippen molar-refractivity contribution in [1.29, 1.82) is 0 Å². The Bertz CT molecular complexity index is 1120. The smallest absolute Gasteiger partial charge is 0.410 e. The van der Waals surface area contributed by atoms with Gasteiger partial charge in [-0.25, -0.2) is 4.79 Å². The molecule has 0 bridgehead atoms. The fourth-order valence-corrected chi connectivity index (χ4v) is 4.67. The van der Waals surface area contributed by atoms with Crippen LogP contribution in [0.4, 0.5) is 4.79 Å². The van der Waals surface area contributed by atoms with Gasteiger partial charge in [0.2, 0.25) is 5.91 Å². The SMILES string of the molecule is CC1=C(C)c2c(-c3cccc4c3CCN(C(=O)OC(C)(C)C)C4)ccc(C(N)=O)c2C1. The number of hydrogen-bond donors (Lipinski definition) is 1. The number of ether oxygens (including phenoxy) is 1. The number of hydrogen-bond acceptors (Lipinski definition) is 3. The summed E-state index contributed by atoms with van der Waals surface area (Å²) in [5, 5.41) is 0. The molecule has 4 rings (SSSR count). The zero-order valence-electron chi connectivity index (χ0n) is 19.0. The predicted octanol–water partition coefficient (Wildman–Crippen LogP) is 5.10. The van der Waals surface area contributed by atoms with Crippen LogP contribution in [0, 0.1) is 0 Å². The van der Waals surface area contributed by atoms with Crippen LogP contribution in [0.2, 0.25) is 0 Å². The van der Waals surface area contributed by atoms with E-state index in [1.807, 2.05) is 39.0 Å². The van der Waals surface area contributed by atoms with Gasteiger partial charge >= 0.3 is 6.09 Å². The molecule has 31 heavy (non-hydrogen) atoms. The lowest BCUT2D eigenvalue weighted by Crippen LogP contribution is -2.40. The maximum Gasteiger partial charge on any atom is 0.410 e. The first-order valence-electron chi connectivity index (χ1n) is 10.8. The second kappa shape index (κ2) is 7.56. The van der Waals surface area contributed by atoms with E-state index in [1.165, 1.54) is 22.3 Å². The number of benzene rings is 2. The summed E-state index contributed by atoms with van der Waals surface area (Å²) < 4.78 is 5.57. The molecule has 1 aliphatic carbocycles. The highest BCUT2D eigenvalue weighted by Crippen LogP contribution is 2.43. The second-order valence-electron chi connectivity index (χ2n) is 9.56. The van der Waals surface area contributed by atoms with Gasteiger partial charge in [0.15, 0.2) is 0 Å². The van der Waals surface area contributed by atoms with Crippen LogP contribution >= 0.6 is 0 Å². The van der Waals surface area contributed by atoms with Gasteiger partial charge in [-0.15, -0.1) is 0 Å². The van der Waals surface area contributed by atoms with Crippen molar-refractivity contribution in [3.05, 3.63) is 63.7 Å². The highest BCUT2D eigenvalue weighted by Gasteiger charge is 2.29. The topological polar surface area (TPSA) is 72.6 Å². The number of rotatable bonds is 2. The molecule has 5 heteroatoms. The highest BCUT2D eigenvalue weighted by atomic mass is 16.6. The number of carbonyl (C=O) groups is 2. The number of nitrogens with two attached hydrogens (primary N) is 1. The number of allylic oxidation sites excluding steroid dienone is 2. The Hall–Kier alpha value is -3.08. The molecule has 0 unspecified atom stereocenters. The molecule has 1 heterocycles. The number of fused-ring (bicyclic) bond motifs is 2. The molecule has 0 spiro atoms. The Kier molecular flexibility index (Phi) is 5.16. The maximum atomic E-state index is 12.6. The Labute approximate surface area is 183 Å². The summed E-state index contributed by atoms with van der Waals surface area (Å²) in [6.07, 6.45) is 1.25. The molecule has 2 amide bonds. The summed E-state index contributed by atoms with van der Waals surface area (Å²) in [6, 6.07) is 10.2. The van der Waals surface area contributed by atoms with Gasteiger partial charge in [0.25, 0.3) is 0 Å². The largest absolute Gasteiger partial charge is 0.444 e. The molecule has 2 aromatic carbocycles. The lowest BCUT2D eigenvalue weighted by Gasteiger charge is -2.32. The quantitative estimate of drug-likeness (QED) is 0.738. The monoisotopic (exact) mass is 418 g/mol. The summed E-state index contributed by atoms with van der Waals surface area (Å²) in [4.78, 5) is 26.3. The van der Waals surface area contributed by atoms with Crippen LogP contribution in [0.15, 0.2) is 35.9 Å². The first-order chi connectivity index (χ1) is 14.6. The molecule has 0 fully saturated rings. The standard InChI is InChI=1S/C26H30N2O3/c1-15-13-22-21(24(27)29)10-9-20(23(22)16(15)2)19-8-6-7-17-14-28(12-11-18(17)19)25(30)31-26(3,4)5/h6-10H,11-14H2,1-5H3,(H2,27,29). The molecule has 0 aromatic heterocycles. The Morgan fingerprint density at radius 1 is 1.03 bits per heavy atom. The molecule has 0 saturated heterocycles. The summed E-state index contributed by atoms with van der Waals surface area (Å²) in [7, 11) is 0. The van der Waals surface area contributed by atoms with Crippen molar-refractivity contribution in [2.75, 3.05) is 6.54 Å². The molecule has 2 aromatic rings. The molecule has 2 aliphatic rings. The third-order valence-electron chi connectivity index (χ3n) is 6.24. The van der Waals surface area contributed by atoms with Crippen molar-refractivity contribution in [2.24, 2.45) is 5.73 Å². The van der Waals surface area contributed by atoms with E-state index >= 15 is 0 Å². The molecule has 2 N–H and O–H groups in total. The van der Waals surface area contributed by atoms with Crippen molar-refractivity contribution in [1.82, 2.24) is 4.90 Å². The second-order valence-corrected chi connectivity index (χ2v) is 9.56. The van der Waals surface area contributed by atoms with Crippen LogP contribution in [0.25, 0.3) is 16.7 Å². The van der Waals surface area contributed by atoms with Crippen LogP contribution < -0.4 is 5.73 Å². The molecule has 5 nitrogen and oxygen atoms in total. The summed E-state index contributed by atoms with van der Waals surface area (Å²) in [5.74, 6) is -0.381. The van der Waals surface area contributed by atoms with Crippen molar-refractivity contribution in [2.45, 2.75) is 59.6 Å². The third-order valence-corrected chi connectivity index (χ3v) is 6.24. The van der Waals surface area contributed by atoms with Crippen LogP contribution in [-0.4, -0.2) is 29.0 Å². The number of amides is 2. The van der Waals surface area contributed by atoms with Crippen LogP contribution in [0.3, 0.4) is 0 Å². The van der Waals surface area contributed by atoms with Crippen molar-refractivity contribution in [3.63, 3.8) is 0 Å². The van der Waals surface area contributed by atoms with Gasteiger partial charge in [0.1, 0.15) is 5.60 Å². The number of carbonyl (C=O) groups excluding carboxylic acids is 2. The van der Waals surface area contributed by atoms with Gasteiger partial charge < -0.3 is 15.4 Å². The minimum atomic E-state index is -0.510. The lowest BCUT2D eigenvalue weighted by atomic mass is 9.85. The molecule has 0 radical (unpaired) electrons. The van der Waals surface area contributed by atoms with E-state index in [4.69, 9.17) is 10.5 Å². The predicted molar refractivity (Wildman–Crippen MR) is 123 cm³/mol. The van der Waals surface area contributed by atoms with Crippen molar-refractivity contribution < 1.29 is 14.3 Å². The Morgan fingerprint density at radius 3 is 2.45 bits per heavy atom. The van der Waals surface area contributed by atoms with E-state index in [1.54, 1.807) is 4.90 Å². The Balaban J connectivity index is 1.75. The summed E-state index contributed by atoms with van der Waals surface area (Å²) >= 11 is 0. The van der Waals surface area contributed by atoms with Gasteiger partial charge in [-0.2, -0.15) is 0 Å². The molecule has 0 saturated carbocycles. The third kappa shape index (κ3) is 3.85. The summed E-state index contributed by atoms with van der Waals surface area (Å²) in [5.41, 5.74) is 15.1. The van der Waals surface area contributed by atoms with E-state index in [9.17, 15) is 9.59 Å². The zero-order valence-corrected chi connectivity index (χ0v) is 19.0. The van der Waals surface area contributed by atoms with Gasteiger partial charge in [0, 0.05) is 18.7 Å². The molecule has 162 valence electrons. The first-order valence-corrected chi connectivity index (χ1v) is 10.8. The molecule has 1 aliphatic heterocycles. The molecule has 0 atom stereocenters. The van der Waals surface area contributed by atoms with Crippen molar-refractivity contribution >= 4 is 17.6 Å². The zero-order chi connectivity index (χ0) is 22.5. The van der Waals surface area contributed by atoms with E-state index in [0.717, 1.165) is 35.1 Å². The average Bonchev–Trinajstić information content (AvgIpc) is 2.99. The average molecular weight is 419 g/mol. The number of nitrogens with zero attached hydrogens (tertiary/aromatic N) is 1. The van der Waals surface area contributed by atoms with Gasteiger partial charge in [-0.3, -0.25) is 4.79 Å². The minimum absolute atomic E-state index is 0.273. The number of primary amides is 1. The first kappa shape index (κ1) is 21.2. The van der Waals surface area contributed by atoms with E-state index in [0.29, 0.717) is 18.7 Å². The van der Waals surface area contributed by atoms with E-state index < -0.39 is 5.60 Å². The normalized spacial score (nSPS) is 15.6. The lowest BCUT2D eigenvalue weighted by molar-refractivity contribution is 0.0224. The summed E-state index contributed by atoms with van der Waals surface area (Å²) in [6.45, 7) is 11.0. The Morgan fingerprint density at radius 2 is 1.77 bits per heavy atom. The molecular weight excluding hydrogens is 388 g/mol. The van der Waals surface area contributed by atoms with E-state index in [2.05, 4.69) is 26.0 Å². The van der Waals surface area contributed by atoms with Crippen LogP contribution in [0.1, 0.15) is 67.2 Å². The van der Waals surface area contributed by atoms with Crippen LogP contribution in [-0.2, 0) is 24.1 Å². The molecular formula is C26H30N2O3. The fraction of sp³-hybridized carbons (Fsp3) is 0.385.